The highest BCUT2D eigenvalue weighted by atomic mass is 16.5. The molecule has 25 heavy (non-hydrogen) atoms. The quantitative estimate of drug-likeness (QED) is 0.731. The molecule has 0 spiro atoms. The van der Waals surface area contributed by atoms with E-state index in [1.165, 1.54) is 0 Å². The van der Waals surface area contributed by atoms with Crippen LogP contribution in [0.2, 0.25) is 0 Å². The number of hydrogen-bond donors (Lipinski definition) is 1. The first-order chi connectivity index (χ1) is 12.1. The Morgan fingerprint density at radius 3 is 2.52 bits per heavy atom. The molecule has 2 rings (SSSR count). The topological polar surface area (TPSA) is 61.9 Å². The van der Waals surface area contributed by atoms with Crippen molar-refractivity contribution < 1.29 is 14.3 Å². The number of anilines is 1. The fourth-order valence-corrected chi connectivity index (χ4v) is 2.65. The van der Waals surface area contributed by atoms with Gasteiger partial charge in [-0.3, -0.25) is 14.5 Å². The smallest absolute Gasteiger partial charge is 0.254 e. The molecule has 134 valence electrons. The number of benzene rings is 1. The summed E-state index contributed by atoms with van der Waals surface area (Å²) in [6, 6.07) is 7.02. The summed E-state index contributed by atoms with van der Waals surface area (Å²) in [6.45, 7) is 11.1. The van der Waals surface area contributed by atoms with Gasteiger partial charge in [-0.15, -0.1) is 13.2 Å². The van der Waals surface area contributed by atoms with Gasteiger partial charge in [0.25, 0.3) is 5.91 Å². The molecule has 1 heterocycles. The predicted molar refractivity (Wildman–Crippen MR) is 98.6 cm³/mol. The van der Waals surface area contributed by atoms with Crippen molar-refractivity contribution in [2.75, 3.05) is 51.3 Å². The Balaban J connectivity index is 1.97. The summed E-state index contributed by atoms with van der Waals surface area (Å²) in [6.07, 6.45) is 3.50. The van der Waals surface area contributed by atoms with Crippen LogP contribution in [-0.4, -0.2) is 67.6 Å². The number of carbonyl (C=O) groups is 2. The van der Waals surface area contributed by atoms with Gasteiger partial charge in [-0.25, -0.2) is 0 Å². The monoisotopic (exact) mass is 343 g/mol. The normalized spacial score (nSPS) is 14.2. The van der Waals surface area contributed by atoms with Gasteiger partial charge in [0.05, 0.1) is 19.8 Å². The molecule has 6 nitrogen and oxygen atoms in total. The molecule has 6 heteroatoms. The van der Waals surface area contributed by atoms with Gasteiger partial charge in [0.15, 0.2) is 0 Å². The summed E-state index contributed by atoms with van der Waals surface area (Å²) >= 11 is 0. The molecule has 2 amide bonds. The molecule has 1 aliphatic heterocycles. The van der Waals surface area contributed by atoms with Crippen molar-refractivity contribution in [1.82, 2.24) is 9.80 Å². The molecule has 1 N–H and O–H groups in total. The lowest BCUT2D eigenvalue weighted by Gasteiger charge is -2.27. The lowest BCUT2D eigenvalue weighted by molar-refractivity contribution is -0.117. The van der Waals surface area contributed by atoms with E-state index in [4.69, 9.17) is 4.74 Å². The Bertz CT molecular complexity index is 614. The SMILES string of the molecule is C=CCN(CC=C)CC(=O)Nc1cccc(C(=O)N2CCOCC2)c1. The number of nitrogens with one attached hydrogen (secondary N) is 1. The average Bonchev–Trinajstić information content (AvgIpc) is 2.62. The first-order valence-electron chi connectivity index (χ1n) is 8.35. The molecule has 0 aliphatic carbocycles. The number of morpholine rings is 1. The Kier molecular flexibility index (Phi) is 7.37. The summed E-state index contributed by atoms with van der Waals surface area (Å²) in [5.41, 5.74) is 1.18. The van der Waals surface area contributed by atoms with Gasteiger partial charge in [-0.2, -0.15) is 0 Å². The zero-order valence-corrected chi connectivity index (χ0v) is 14.4. The number of amides is 2. The van der Waals surface area contributed by atoms with E-state index in [2.05, 4.69) is 18.5 Å². The summed E-state index contributed by atoms with van der Waals surface area (Å²) in [5, 5.41) is 2.84. The maximum atomic E-state index is 12.5. The van der Waals surface area contributed by atoms with Crippen molar-refractivity contribution in [2.24, 2.45) is 0 Å². The zero-order chi connectivity index (χ0) is 18.1. The molecular weight excluding hydrogens is 318 g/mol. The maximum Gasteiger partial charge on any atom is 0.254 e. The van der Waals surface area contributed by atoms with Crippen molar-refractivity contribution in [2.45, 2.75) is 0 Å². The van der Waals surface area contributed by atoms with Crippen molar-refractivity contribution in [3.63, 3.8) is 0 Å². The summed E-state index contributed by atoms with van der Waals surface area (Å²) in [7, 11) is 0. The van der Waals surface area contributed by atoms with Crippen molar-refractivity contribution >= 4 is 17.5 Å². The van der Waals surface area contributed by atoms with E-state index in [1.807, 2.05) is 4.90 Å². The third-order valence-electron chi connectivity index (χ3n) is 3.83. The first kappa shape index (κ1) is 18.9. The average molecular weight is 343 g/mol. The van der Waals surface area contributed by atoms with Crippen molar-refractivity contribution in [3.8, 4) is 0 Å². The highest BCUT2D eigenvalue weighted by Gasteiger charge is 2.19. The third kappa shape index (κ3) is 5.85. The molecule has 1 aromatic rings. The van der Waals surface area contributed by atoms with Crippen LogP contribution in [0.25, 0.3) is 0 Å². The Morgan fingerprint density at radius 2 is 1.88 bits per heavy atom. The van der Waals surface area contributed by atoms with Crippen LogP contribution in [0.1, 0.15) is 10.4 Å². The van der Waals surface area contributed by atoms with E-state index in [1.54, 1.807) is 41.3 Å². The lowest BCUT2D eigenvalue weighted by atomic mass is 10.1. The van der Waals surface area contributed by atoms with Crippen LogP contribution < -0.4 is 5.32 Å². The zero-order valence-electron chi connectivity index (χ0n) is 14.4. The van der Waals surface area contributed by atoms with E-state index >= 15 is 0 Å². The third-order valence-corrected chi connectivity index (χ3v) is 3.83. The summed E-state index contributed by atoms with van der Waals surface area (Å²) in [4.78, 5) is 28.4. The molecule has 1 saturated heterocycles. The maximum absolute atomic E-state index is 12.5. The molecule has 1 fully saturated rings. The van der Waals surface area contributed by atoms with Crippen LogP contribution in [0.5, 0.6) is 0 Å². The molecular formula is C19H25N3O3. The minimum Gasteiger partial charge on any atom is -0.378 e. The van der Waals surface area contributed by atoms with E-state index in [-0.39, 0.29) is 18.4 Å². The molecule has 0 bridgehead atoms. The molecule has 0 radical (unpaired) electrons. The van der Waals surface area contributed by atoms with E-state index < -0.39 is 0 Å². The molecule has 0 atom stereocenters. The molecule has 0 saturated carbocycles. The number of ether oxygens (including phenoxy) is 1. The second-order valence-electron chi connectivity index (χ2n) is 5.80. The van der Waals surface area contributed by atoms with Gasteiger partial charge in [0, 0.05) is 37.4 Å². The Labute approximate surface area is 148 Å². The number of nitrogens with zero attached hydrogens (tertiary/aromatic N) is 2. The van der Waals surface area contributed by atoms with Crippen LogP contribution in [0, 0.1) is 0 Å². The van der Waals surface area contributed by atoms with Gasteiger partial charge in [-0.1, -0.05) is 18.2 Å². The fourth-order valence-electron chi connectivity index (χ4n) is 2.65. The molecule has 1 aliphatic rings. The number of rotatable bonds is 8. The van der Waals surface area contributed by atoms with E-state index in [9.17, 15) is 9.59 Å². The van der Waals surface area contributed by atoms with Crippen molar-refractivity contribution in [3.05, 3.63) is 55.1 Å². The van der Waals surface area contributed by atoms with Gasteiger partial charge >= 0.3 is 0 Å². The highest BCUT2D eigenvalue weighted by molar-refractivity contribution is 5.97. The Morgan fingerprint density at radius 1 is 1.20 bits per heavy atom. The first-order valence-corrected chi connectivity index (χ1v) is 8.35. The highest BCUT2D eigenvalue weighted by Crippen LogP contribution is 2.14. The molecule has 0 unspecified atom stereocenters. The van der Waals surface area contributed by atoms with Gasteiger partial charge in [0.2, 0.25) is 5.91 Å². The van der Waals surface area contributed by atoms with Gasteiger partial charge < -0.3 is 15.0 Å². The largest absolute Gasteiger partial charge is 0.378 e. The van der Waals surface area contributed by atoms with Crippen molar-refractivity contribution in [1.29, 1.82) is 0 Å². The van der Waals surface area contributed by atoms with Crippen LogP contribution >= 0.6 is 0 Å². The number of hydrogen-bond acceptors (Lipinski definition) is 4. The molecule has 1 aromatic carbocycles. The van der Waals surface area contributed by atoms with Crippen LogP contribution in [0.4, 0.5) is 5.69 Å². The second kappa shape index (κ2) is 9.76. The van der Waals surface area contributed by atoms with Crippen LogP contribution in [-0.2, 0) is 9.53 Å². The van der Waals surface area contributed by atoms with Gasteiger partial charge in [0.1, 0.15) is 0 Å². The summed E-state index contributed by atoms with van der Waals surface area (Å²) in [5.74, 6) is -0.181. The standard InChI is InChI=1S/C19H25N3O3/c1-3-8-21(9-4-2)15-18(23)20-17-7-5-6-16(14-17)19(24)22-10-12-25-13-11-22/h3-7,14H,1-2,8-13,15H2,(H,20,23). The summed E-state index contributed by atoms with van der Waals surface area (Å²) < 4.78 is 5.27. The van der Waals surface area contributed by atoms with E-state index in [0.717, 1.165) is 0 Å². The van der Waals surface area contributed by atoms with Crippen LogP contribution in [0.15, 0.2) is 49.6 Å². The fraction of sp³-hybridized carbons (Fsp3) is 0.368. The number of carbonyl (C=O) groups excluding carboxylic acids is 2. The van der Waals surface area contributed by atoms with Gasteiger partial charge in [-0.05, 0) is 18.2 Å². The minimum atomic E-state index is -0.139. The minimum absolute atomic E-state index is 0.0423. The van der Waals surface area contributed by atoms with E-state index in [0.29, 0.717) is 50.6 Å². The predicted octanol–water partition coefficient (Wildman–Crippen LogP) is 1.77. The second-order valence-corrected chi connectivity index (χ2v) is 5.80. The van der Waals surface area contributed by atoms with Crippen LogP contribution in [0.3, 0.4) is 0 Å². The lowest BCUT2D eigenvalue weighted by Crippen LogP contribution is -2.40. The Hall–Kier alpha value is -2.44. The molecule has 0 aromatic heterocycles.